The summed E-state index contributed by atoms with van der Waals surface area (Å²) in [6.45, 7) is 2.15. The summed E-state index contributed by atoms with van der Waals surface area (Å²) in [7, 11) is 0. The highest BCUT2D eigenvalue weighted by Crippen LogP contribution is 2.28. The Balaban J connectivity index is 1.62. The lowest BCUT2D eigenvalue weighted by atomic mass is 9.97. The monoisotopic (exact) mass is 323 g/mol. The molecule has 24 heavy (non-hydrogen) atoms. The van der Waals surface area contributed by atoms with E-state index in [2.05, 4.69) is 17.4 Å². The van der Waals surface area contributed by atoms with E-state index in [-0.39, 0.29) is 23.8 Å². The van der Waals surface area contributed by atoms with Crippen LogP contribution in [-0.4, -0.2) is 24.3 Å². The van der Waals surface area contributed by atoms with Gasteiger partial charge in [-0.1, -0.05) is 42.5 Å². The van der Waals surface area contributed by atoms with Crippen molar-refractivity contribution in [2.75, 3.05) is 6.61 Å². The maximum atomic E-state index is 12.4. The maximum Gasteiger partial charge on any atom is 0.251 e. The maximum absolute atomic E-state index is 12.4. The van der Waals surface area contributed by atoms with Crippen molar-refractivity contribution in [2.45, 2.75) is 31.9 Å². The number of Topliss-reactive ketones (excluding diaryl/α,β-unsaturated/α-hetero) is 1. The third kappa shape index (κ3) is 3.89. The minimum atomic E-state index is -0.108. The van der Waals surface area contributed by atoms with E-state index in [0.29, 0.717) is 17.7 Å². The summed E-state index contributed by atoms with van der Waals surface area (Å²) in [5, 5.41) is 3.08. The molecule has 0 saturated carbocycles. The number of nitrogens with one attached hydrogen (secondary N) is 1. The zero-order valence-corrected chi connectivity index (χ0v) is 13.7. The van der Waals surface area contributed by atoms with Gasteiger partial charge < -0.3 is 10.1 Å². The van der Waals surface area contributed by atoms with Crippen LogP contribution in [0, 0.1) is 0 Å². The average molecular weight is 323 g/mol. The molecule has 2 aromatic carbocycles. The van der Waals surface area contributed by atoms with E-state index in [9.17, 15) is 9.59 Å². The third-order valence-electron chi connectivity index (χ3n) is 4.34. The van der Waals surface area contributed by atoms with Gasteiger partial charge in [-0.3, -0.25) is 9.59 Å². The van der Waals surface area contributed by atoms with Crippen LogP contribution in [0.2, 0.25) is 0 Å². The van der Waals surface area contributed by atoms with Crippen molar-refractivity contribution in [3.63, 3.8) is 0 Å². The molecule has 0 unspecified atom stereocenters. The molecule has 4 heteroatoms. The number of amides is 1. The van der Waals surface area contributed by atoms with Gasteiger partial charge in [0.1, 0.15) is 0 Å². The Labute approximate surface area is 141 Å². The van der Waals surface area contributed by atoms with Gasteiger partial charge in [0, 0.05) is 23.8 Å². The lowest BCUT2D eigenvalue weighted by Gasteiger charge is -2.30. The van der Waals surface area contributed by atoms with E-state index < -0.39 is 0 Å². The second-order valence-corrected chi connectivity index (χ2v) is 6.10. The van der Waals surface area contributed by atoms with Gasteiger partial charge >= 0.3 is 0 Å². The van der Waals surface area contributed by atoms with E-state index >= 15 is 0 Å². The molecular weight excluding hydrogens is 302 g/mol. The Kier molecular flexibility index (Phi) is 5.06. The smallest absolute Gasteiger partial charge is 0.251 e. The number of ether oxygens (including phenoxy) is 1. The van der Waals surface area contributed by atoms with Crippen LogP contribution in [0.5, 0.6) is 0 Å². The zero-order chi connectivity index (χ0) is 16.9. The second kappa shape index (κ2) is 7.41. The van der Waals surface area contributed by atoms with Gasteiger partial charge in [-0.25, -0.2) is 0 Å². The summed E-state index contributed by atoms with van der Waals surface area (Å²) in [5.74, 6) is -0.110. The standard InChI is InChI=1S/C20H21NO3/c1-14(22)15-7-9-17(10-8-15)20(23)21-18-11-12-24-19(13-18)16-5-3-2-4-6-16/h2-10,18-19H,11-13H2,1H3,(H,21,23)/t18-,19+/m0/s1. The van der Waals surface area contributed by atoms with E-state index in [0.717, 1.165) is 18.4 Å². The van der Waals surface area contributed by atoms with Gasteiger partial charge in [-0.05, 0) is 37.5 Å². The topological polar surface area (TPSA) is 55.4 Å². The molecule has 0 radical (unpaired) electrons. The van der Waals surface area contributed by atoms with Crippen LogP contribution >= 0.6 is 0 Å². The summed E-state index contributed by atoms with van der Waals surface area (Å²) in [6, 6.07) is 16.9. The number of carbonyl (C=O) groups excluding carboxylic acids is 2. The number of rotatable bonds is 4. The first-order valence-corrected chi connectivity index (χ1v) is 8.22. The molecular formula is C20H21NO3. The van der Waals surface area contributed by atoms with Crippen LogP contribution in [-0.2, 0) is 4.74 Å². The number of hydrogen-bond donors (Lipinski definition) is 1. The molecule has 0 bridgehead atoms. The van der Waals surface area contributed by atoms with Crippen LogP contribution in [0.4, 0.5) is 0 Å². The zero-order valence-electron chi connectivity index (χ0n) is 13.7. The van der Waals surface area contributed by atoms with E-state index in [1.165, 1.54) is 6.92 Å². The minimum absolute atomic E-state index is 0.00269. The first kappa shape index (κ1) is 16.4. The van der Waals surface area contributed by atoms with E-state index in [4.69, 9.17) is 4.74 Å². The highest BCUT2D eigenvalue weighted by molar-refractivity contribution is 5.97. The lowest BCUT2D eigenvalue weighted by molar-refractivity contribution is 0.000902. The Morgan fingerprint density at radius 1 is 1.00 bits per heavy atom. The van der Waals surface area contributed by atoms with Gasteiger partial charge in [-0.2, -0.15) is 0 Å². The molecule has 1 amide bonds. The van der Waals surface area contributed by atoms with Gasteiger partial charge in [0.05, 0.1) is 6.10 Å². The van der Waals surface area contributed by atoms with Crippen molar-refractivity contribution in [1.82, 2.24) is 5.32 Å². The van der Waals surface area contributed by atoms with Crippen LogP contribution in [0.3, 0.4) is 0 Å². The molecule has 3 rings (SSSR count). The molecule has 0 aliphatic carbocycles. The van der Waals surface area contributed by atoms with Crippen molar-refractivity contribution >= 4 is 11.7 Å². The Morgan fingerprint density at radius 3 is 2.33 bits per heavy atom. The fraction of sp³-hybridized carbons (Fsp3) is 0.300. The van der Waals surface area contributed by atoms with Crippen molar-refractivity contribution in [1.29, 1.82) is 0 Å². The Morgan fingerprint density at radius 2 is 1.67 bits per heavy atom. The van der Waals surface area contributed by atoms with Gasteiger partial charge in [0.25, 0.3) is 5.91 Å². The molecule has 1 heterocycles. The molecule has 1 fully saturated rings. The molecule has 0 spiro atoms. The second-order valence-electron chi connectivity index (χ2n) is 6.10. The fourth-order valence-electron chi connectivity index (χ4n) is 2.95. The number of hydrogen-bond acceptors (Lipinski definition) is 3. The Hall–Kier alpha value is -2.46. The molecule has 1 saturated heterocycles. The molecule has 4 nitrogen and oxygen atoms in total. The SMILES string of the molecule is CC(=O)c1ccc(C(=O)N[C@H]2CCO[C@@H](c3ccccc3)C2)cc1. The van der Waals surface area contributed by atoms with Crippen LogP contribution in [0.15, 0.2) is 54.6 Å². The number of carbonyl (C=O) groups is 2. The normalized spacial score (nSPS) is 20.4. The predicted octanol–water partition coefficient (Wildman–Crippen LogP) is 3.54. The summed E-state index contributed by atoms with van der Waals surface area (Å²) in [6.07, 6.45) is 1.59. The van der Waals surface area contributed by atoms with Gasteiger partial charge in [-0.15, -0.1) is 0 Å². The van der Waals surface area contributed by atoms with Crippen molar-refractivity contribution < 1.29 is 14.3 Å². The molecule has 1 aliphatic heterocycles. The van der Waals surface area contributed by atoms with Crippen LogP contribution in [0.1, 0.15) is 52.1 Å². The van der Waals surface area contributed by atoms with Gasteiger partial charge in [0.2, 0.25) is 0 Å². The van der Waals surface area contributed by atoms with Gasteiger partial charge in [0.15, 0.2) is 5.78 Å². The summed E-state index contributed by atoms with van der Waals surface area (Å²) in [4.78, 5) is 23.7. The first-order chi connectivity index (χ1) is 11.6. The fourth-order valence-corrected chi connectivity index (χ4v) is 2.95. The average Bonchev–Trinajstić information content (AvgIpc) is 2.63. The highest BCUT2D eigenvalue weighted by Gasteiger charge is 2.25. The van der Waals surface area contributed by atoms with Crippen molar-refractivity contribution in [3.8, 4) is 0 Å². The molecule has 2 atom stereocenters. The highest BCUT2D eigenvalue weighted by atomic mass is 16.5. The minimum Gasteiger partial charge on any atom is -0.373 e. The first-order valence-electron chi connectivity index (χ1n) is 8.22. The number of ketones is 1. The van der Waals surface area contributed by atoms with Crippen molar-refractivity contribution in [2.24, 2.45) is 0 Å². The molecule has 1 aliphatic rings. The van der Waals surface area contributed by atoms with Crippen LogP contribution in [0.25, 0.3) is 0 Å². The largest absolute Gasteiger partial charge is 0.373 e. The molecule has 2 aromatic rings. The Bertz CT molecular complexity index is 709. The molecule has 0 aromatic heterocycles. The predicted molar refractivity (Wildman–Crippen MR) is 92.1 cm³/mol. The van der Waals surface area contributed by atoms with Crippen LogP contribution < -0.4 is 5.32 Å². The van der Waals surface area contributed by atoms with E-state index in [1.807, 2.05) is 18.2 Å². The molecule has 1 N–H and O–H groups in total. The summed E-state index contributed by atoms with van der Waals surface area (Å²) >= 11 is 0. The van der Waals surface area contributed by atoms with Crippen molar-refractivity contribution in [3.05, 3.63) is 71.3 Å². The quantitative estimate of drug-likeness (QED) is 0.876. The summed E-state index contributed by atoms with van der Waals surface area (Å²) < 4.78 is 5.83. The molecule has 124 valence electrons. The third-order valence-corrected chi connectivity index (χ3v) is 4.34. The van der Waals surface area contributed by atoms with E-state index in [1.54, 1.807) is 24.3 Å². The number of benzene rings is 2. The lowest BCUT2D eigenvalue weighted by Crippen LogP contribution is -2.39. The summed E-state index contributed by atoms with van der Waals surface area (Å²) in [5.41, 5.74) is 2.33.